The summed E-state index contributed by atoms with van der Waals surface area (Å²) in [4.78, 5) is 4.19. The van der Waals surface area contributed by atoms with Crippen LogP contribution in [-0.4, -0.2) is 38.0 Å². The molecule has 1 saturated heterocycles. The molecule has 1 fully saturated rings. The van der Waals surface area contributed by atoms with Crippen LogP contribution in [0.5, 0.6) is 0 Å². The fraction of sp³-hybridized carbons (Fsp3) is 0.667. The van der Waals surface area contributed by atoms with E-state index in [1.54, 1.807) is 18.7 Å². The first-order valence-electron chi connectivity index (χ1n) is 6.76. The van der Waals surface area contributed by atoms with Gasteiger partial charge in [0.15, 0.2) is 11.0 Å². The maximum atomic E-state index is 4.96. The van der Waals surface area contributed by atoms with Gasteiger partial charge in [0.2, 0.25) is 5.89 Å². The Morgan fingerprint density at radius 3 is 3.05 bits per heavy atom. The standard InChI is InChI=1S/C12H18N6OS/c1-8-14-10(17-19-8)7-20-12-16-15-11(18(12)2)9-4-3-5-13-6-9/h9,13H,3-7H2,1-2H3/t9-/m1/s1. The van der Waals surface area contributed by atoms with E-state index in [-0.39, 0.29) is 0 Å². The van der Waals surface area contributed by atoms with Crippen LogP contribution in [0.1, 0.15) is 36.3 Å². The van der Waals surface area contributed by atoms with Gasteiger partial charge in [0.05, 0.1) is 5.75 Å². The van der Waals surface area contributed by atoms with Gasteiger partial charge in [-0.25, -0.2) is 0 Å². The number of piperidine rings is 1. The molecule has 0 unspecified atom stereocenters. The third-order valence-corrected chi connectivity index (χ3v) is 4.45. The minimum atomic E-state index is 0.461. The van der Waals surface area contributed by atoms with E-state index in [1.165, 1.54) is 12.8 Å². The fourth-order valence-corrected chi connectivity index (χ4v) is 3.17. The SMILES string of the molecule is Cc1nc(CSc2nnc([C@@H]3CCCNC3)n2C)no1. The predicted octanol–water partition coefficient (Wildman–Crippen LogP) is 1.27. The monoisotopic (exact) mass is 294 g/mol. The number of nitrogens with one attached hydrogen (secondary N) is 1. The van der Waals surface area contributed by atoms with Crippen LogP contribution >= 0.6 is 11.8 Å². The first-order valence-corrected chi connectivity index (χ1v) is 7.74. The van der Waals surface area contributed by atoms with Crippen molar-refractivity contribution in [3.05, 3.63) is 17.5 Å². The zero-order valence-corrected chi connectivity index (χ0v) is 12.5. The quantitative estimate of drug-likeness (QED) is 0.850. The molecule has 108 valence electrons. The highest BCUT2D eigenvalue weighted by Gasteiger charge is 2.21. The summed E-state index contributed by atoms with van der Waals surface area (Å²) in [5, 5.41) is 16.8. The van der Waals surface area contributed by atoms with Crippen LogP contribution in [0.25, 0.3) is 0 Å². The van der Waals surface area contributed by atoms with Crippen molar-refractivity contribution in [1.82, 2.24) is 30.2 Å². The van der Waals surface area contributed by atoms with Gasteiger partial charge in [-0.2, -0.15) is 4.98 Å². The molecule has 20 heavy (non-hydrogen) atoms. The minimum Gasteiger partial charge on any atom is -0.340 e. The third kappa shape index (κ3) is 2.85. The molecule has 2 aromatic rings. The zero-order valence-electron chi connectivity index (χ0n) is 11.7. The first-order chi connectivity index (χ1) is 9.74. The van der Waals surface area contributed by atoms with Crippen molar-refractivity contribution in [2.24, 2.45) is 7.05 Å². The summed E-state index contributed by atoms with van der Waals surface area (Å²) >= 11 is 1.58. The molecule has 0 spiro atoms. The summed E-state index contributed by atoms with van der Waals surface area (Å²) in [5.41, 5.74) is 0. The largest absolute Gasteiger partial charge is 0.340 e. The highest BCUT2D eigenvalue weighted by Crippen LogP contribution is 2.26. The molecule has 1 atom stereocenters. The Bertz CT molecular complexity index is 574. The van der Waals surface area contributed by atoms with E-state index in [0.29, 0.717) is 23.4 Å². The van der Waals surface area contributed by atoms with E-state index in [1.807, 2.05) is 7.05 Å². The summed E-state index contributed by atoms with van der Waals surface area (Å²) in [5.74, 6) is 3.45. The third-order valence-electron chi connectivity index (χ3n) is 3.43. The van der Waals surface area contributed by atoms with Gasteiger partial charge < -0.3 is 14.4 Å². The molecule has 1 aliphatic heterocycles. The van der Waals surface area contributed by atoms with Crippen LogP contribution in [-0.2, 0) is 12.8 Å². The highest BCUT2D eigenvalue weighted by molar-refractivity contribution is 7.98. The molecule has 0 saturated carbocycles. The Morgan fingerprint density at radius 2 is 2.35 bits per heavy atom. The van der Waals surface area contributed by atoms with E-state index in [0.717, 1.165) is 24.1 Å². The van der Waals surface area contributed by atoms with Gasteiger partial charge in [-0.1, -0.05) is 16.9 Å². The molecule has 1 aliphatic rings. The predicted molar refractivity (Wildman–Crippen MR) is 74.4 cm³/mol. The minimum absolute atomic E-state index is 0.461. The van der Waals surface area contributed by atoms with Crippen LogP contribution < -0.4 is 5.32 Å². The molecule has 7 nitrogen and oxygen atoms in total. The molecule has 1 N–H and O–H groups in total. The van der Waals surface area contributed by atoms with Crippen molar-refractivity contribution in [2.45, 2.75) is 36.6 Å². The Morgan fingerprint density at radius 1 is 1.45 bits per heavy atom. The number of hydrogen-bond donors (Lipinski definition) is 1. The summed E-state index contributed by atoms with van der Waals surface area (Å²) < 4.78 is 7.04. The number of aryl methyl sites for hydroxylation is 1. The number of hydrogen-bond acceptors (Lipinski definition) is 7. The molecule has 0 bridgehead atoms. The van der Waals surface area contributed by atoms with Crippen LogP contribution in [0.3, 0.4) is 0 Å². The lowest BCUT2D eigenvalue weighted by Crippen LogP contribution is -2.29. The van der Waals surface area contributed by atoms with E-state index >= 15 is 0 Å². The molecule has 2 aromatic heterocycles. The van der Waals surface area contributed by atoms with Crippen LogP contribution in [0, 0.1) is 6.92 Å². The van der Waals surface area contributed by atoms with Gasteiger partial charge in [0.25, 0.3) is 0 Å². The molecule has 0 aromatic carbocycles. The summed E-state index contributed by atoms with van der Waals surface area (Å²) in [7, 11) is 2.02. The summed E-state index contributed by atoms with van der Waals surface area (Å²) in [6.45, 7) is 3.88. The number of rotatable bonds is 4. The van der Waals surface area contributed by atoms with E-state index in [4.69, 9.17) is 4.52 Å². The van der Waals surface area contributed by atoms with Crippen molar-refractivity contribution in [3.8, 4) is 0 Å². The molecule has 0 radical (unpaired) electrons. The van der Waals surface area contributed by atoms with Gasteiger partial charge in [-0.15, -0.1) is 10.2 Å². The van der Waals surface area contributed by atoms with Crippen LogP contribution in [0.4, 0.5) is 0 Å². The molecular weight excluding hydrogens is 276 g/mol. The van der Waals surface area contributed by atoms with Crippen LogP contribution in [0.2, 0.25) is 0 Å². The van der Waals surface area contributed by atoms with Crippen molar-refractivity contribution in [3.63, 3.8) is 0 Å². The van der Waals surface area contributed by atoms with Gasteiger partial charge in [-0.3, -0.25) is 0 Å². The summed E-state index contributed by atoms with van der Waals surface area (Å²) in [6, 6.07) is 0. The van der Waals surface area contributed by atoms with Gasteiger partial charge in [-0.05, 0) is 19.4 Å². The number of nitrogens with zero attached hydrogens (tertiary/aromatic N) is 5. The average Bonchev–Trinajstić information content (AvgIpc) is 3.04. The van der Waals surface area contributed by atoms with Crippen molar-refractivity contribution in [1.29, 1.82) is 0 Å². The topological polar surface area (TPSA) is 81.7 Å². The fourth-order valence-electron chi connectivity index (χ4n) is 2.41. The molecule has 8 heteroatoms. The van der Waals surface area contributed by atoms with Crippen molar-refractivity contribution in [2.75, 3.05) is 13.1 Å². The van der Waals surface area contributed by atoms with Gasteiger partial charge in [0.1, 0.15) is 5.82 Å². The Balaban J connectivity index is 1.66. The normalized spacial score (nSPS) is 19.4. The smallest absolute Gasteiger partial charge is 0.223 e. The maximum Gasteiger partial charge on any atom is 0.223 e. The molecule has 0 amide bonds. The van der Waals surface area contributed by atoms with E-state index in [9.17, 15) is 0 Å². The second-order valence-electron chi connectivity index (χ2n) is 4.96. The second kappa shape index (κ2) is 5.92. The molecule has 3 heterocycles. The lowest BCUT2D eigenvalue weighted by Gasteiger charge is -2.21. The van der Waals surface area contributed by atoms with Gasteiger partial charge in [0, 0.05) is 26.4 Å². The lowest BCUT2D eigenvalue weighted by atomic mass is 9.99. The Hall–Kier alpha value is -1.41. The Kier molecular flexibility index (Phi) is 4.02. The first kappa shape index (κ1) is 13.6. The molecule has 3 rings (SSSR count). The van der Waals surface area contributed by atoms with E-state index in [2.05, 4.69) is 30.2 Å². The Labute approximate surface area is 121 Å². The average molecular weight is 294 g/mol. The summed E-state index contributed by atoms with van der Waals surface area (Å²) in [6.07, 6.45) is 2.37. The second-order valence-corrected chi connectivity index (χ2v) is 5.90. The molecule has 0 aliphatic carbocycles. The highest BCUT2D eigenvalue weighted by atomic mass is 32.2. The van der Waals surface area contributed by atoms with Crippen LogP contribution in [0.15, 0.2) is 9.68 Å². The van der Waals surface area contributed by atoms with Gasteiger partial charge >= 0.3 is 0 Å². The number of aromatic nitrogens is 5. The molecular formula is C12H18N6OS. The zero-order chi connectivity index (χ0) is 13.9. The lowest BCUT2D eigenvalue weighted by molar-refractivity contribution is 0.389. The maximum absolute atomic E-state index is 4.96. The van der Waals surface area contributed by atoms with Crippen molar-refractivity contribution >= 4 is 11.8 Å². The van der Waals surface area contributed by atoms with Crippen molar-refractivity contribution < 1.29 is 4.52 Å². The van der Waals surface area contributed by atoms with E-state index < -0.39 is 0 Å². The number of thioether (sulfide) groups is 1.